The molecule has 6 rings (SSSR count). The van der Waals surface area contributed by atoms with Crippen LogP contribution in [-0.4, -0.2) is 80.0 Å². The van der Waals surface area contributed by atoms with E-state index in [9.17, 15) is 0 Å². The molecule has 0 bridgehead atoms. The SMILES string of the molecule is CCCCCCCCCC1(C23CCNCC2CCN3)N(C)CCC2CCNC21C12NCCCC1CCN2. The number of likely N-dealkylation sites (N-methyl/N-ethyl adjacent to an activating group) is 1. The Labute approximate surface area is 227 Å². The molecule has 6 heterocycles. The Kier molecular flexibility index (Phi) is 7.99. The van der Waals surface area contributed by atoms with Crippen LogP contribution in [0.2, 0.25) is 0 Å². The lowest BCUT2D eigenvalue weighted by Crippen LogP contribution is -2.94. The highest BCUT2D eigenvalue weighted by molar-refractivity contribution is 5.38. The summed E-state index contributed by atoms with van der Waals surface area (Å²) in [5.41, 5.74) is 0.403. The molecule has 0 aliphatic carbocycles. The van der Waals surface area contributed by atoms with Crippen LogP contribution in [0.5, 0.6) is 0 Å². The van der Waals surface area contributed by atoms with Crippen LogP contribution in [0, 0.1) is 17.8 Å². The second kappa shape index (κ2) is 11.0. The van der Waals surface area contributed by atoms with Gasteiger partial charge in [-0.15, -0.1) is 0 Å². The zero-order valence-electron chi connectivity index (χ0n) is 24.2. The Morgan fingerprint density at radius 1 is 0.703 bits per heavy atom. The Bertz CT molecular complexity index is 777. The first kappa shape index (κ1) is 27.0. The van der Waals surface area contributed by atoms with Gasteiger partial charge < -0.3 is 16.0 Å². The van der Waals surface area contributed by atoms with Crippen molar-refractivity contribution in [1.82, 2.24) is 31.5 Å². The van der Waals surface area contributed by atoms with Crippen LogP contribution in [0.15, 0.2) is 0 Å². The number of piperidine rings is 3. The topological polar surface area (TPSA) is 63.4 Å². The molecule has 6 aliphatic heterocycles. The Balaban J connectivity index is 1.44. The van der Waals surface area contributed by atoms with Crippen molar-refractivity contribution < 1.29 is 0 Å². The maximum absolute atomic E-state index is 4.47. The van der Waals surface area contributed by atoms with Gasteiger partial charge in [0.2, 0.25) is 0 Å². The molecule has 6 fully saturated rings. The molecule has 0 radical (unpaired) electrons. The maximum Gasteiger partial charge on any atom is 0.0925 e. The lowest BCUT2D eigenvalue weighted by atomic mass is 9.46. The molecule has 6 heteroatoms. The van der Waals surface area contributed by atoms with E-state index in [1.165, 1.54) is 136 Å². The van der Waals surface area contributed by atoms with Crippen molar-refractivity contribution in [3.05, 3.63) is 0 Å². The molecule has 5 N–H and O–H groups in total. The average Bonchev–Trinajstić information content (AvgIpc) is 3.66. The smallest absolute Gasteiger partial charge is 0.0925 e. The van der Waals surface area contributed by atoms with Crippen LogP contribution in [0.4, 0.5) is 0 Å². The summed E-state index contributed by atoms with van der Waals surface area (Å²) in [4.78, 5) is 2.94. The molecule has 0 aromatic carbocycles. The third-order valence-electron chi connectivity index (χ3n) is 12.5. The van der Waals surface area contributed by atoms with E-state index >= 15 is 0 Å². The molecule has 212 valence electrons. The van der Waals surface area contributed by atoms with Gasteiger partial charge in [0.15, 0.2) is 0 Å². The predicted molar refractivity (Wildman–Crippen MR) is 154 cm³/mol. The van der Waals surface area contributed by atoms with Gasteiger partial charge >= 0.3 is 0 Å². The highest BCUT2D eigenvalue weighted by Gasteiger charge is 2.78. The van der Waals surface area contributed by atoms with Gasteiger partial charge in [-0.3, -0.25) is 15.5 Å². The summed E-state index contributed by atoms with van der Waals surface area (Å²) >= 11 is 0. The highest BCUT2D eigenvalue weighted by atomic mass is 15.4. The molecular formula is C31H58N6. The maximum atomic E-state index is 4.47. The number of unbranched alkanes of at least 4 members (excludes halogenated alkanes) is 6. The van der Waals surface area contributed by atoms with Crippen molar-refractivity contribution in [2.75, 3.05) is 52.9 Å². The first-order valence-corrected chi connectivity index (χ1v) is 16.6. The van der Waals surface area contributed by atoms with Crippen LogP contribution >= 0.6 is 0 Å². The van der Waals surface area contributed by atoms with Gasteiger partial charge in [-0.25, -0.2) is 0 Å². The molecule has 7 atom stereocenters. The van der Waals surface area contributed by atoms with Crippen molar-refractivity contribution >= 4 is 0 Å². The van der Waals surface area contributed by atoms with E-state index in [1.807, 2.05) is 0 Å². The van der Waals surface area contributed by atoms with E-state index in [0.717, 1.165) is 24.3 Å². The van der Waals surface area contributed by atoms with Crippen molar-refractivity contribution in [2.45, 2.75) is 126 Å². The largest absolute Gasteiger partial charge is 0.316 e. The number of nitrogens with zero attached hydrogens (tertiary/aromatic N) is 1. The van der Waals surface area contributed by atoms with Crippen LogP contribution in [-0.2, 0) is 0 Å². The van der Waals surface area contributed by atoms with Gasteiger partial charge in [-0.2, -0.15) is 0 Å². The Hall–Kier alpha value is -0.240. The number of hydrogen-bond donors (Lipinski definition) is 5. The first-order valence-electron chi connectivity index (χ1n) is 16.6. The summed E-state index contributed by atoms with van der Waals surface area (Å²) in [5.74, 6) is 2.22. The fraction of sp³-hybridized carbons (Fsp3) is 1.00. The number of likely N-dealkylation sites (tertiary alicyclic amines) is 1. The molecule has 7 unspecified atom stereocenters. The molecule has 37 heavy (non-hydrogen) atoms. The minimum Gasteiger partial charge on any atom is -0.316 e. The zero-order chi connectivity index (χ0) is 25.4. The summed E-state index contributed by atoms with van der Waals surface area (Å²) in [6.07, 6.45) is 20.5. The minimum absolute atomic E-state index is 0.0245. The molecule has 0 aromatic rings. The van der Waals surface area contributed by atoms with E-state index in [-0.39, 0.29) is 22.3 Å². The van der Waals surface area contributed by atoms with Crippen molar-refractivity contribution in [3.8, 4) is 0 Å². The molecule has 0 amide bonds. The third kappa shape index (κ3) is 3.86. The second-order valence-corrected chi connectivity index (χ2v) is 13.8. The summed E-state index contributed by atoms with van der Waals surface area (Å²) in [6.45, 7) is 10.7. The lowest BCUT2D eigenvalue weighted by molar-refractivity contribution is -0.174. The van der Waals surface area contributed by atoms with Crippen molar-refractivity contribution in [3.63, 3.8) is 0 Å². The Morgan fingerprint density at radius 2 is 1.43 bits per heavy atom. The van der Waals surface area contributed by atoms with E-state index < -0.39 is 0 Å². The zero-order valence-corrected chi connectivity index (χ0v) is 24.2. The summed E-state index contributed by atoms with van der Waals surface area (Å²) in [6, 6.07) is 0. The van der Waals surface area contributed by atoms with Crippen LogP contribution in [0.25, 0.3) is 0 Å². The lowest BCUT2D eigenvalue weighted by Gasteiger charge is -2.73. The fourth-order valence-corrected chi connectivity index (χ4v) is 11.2. The second-order valence-electron chi connectivity index (χ2n) is 13.8. The highest BCUT2D eigenvalue weighted by Crippen LogP contribution is 2.62. The molecule has 0 aromatic heterocycles. The summed E-state index contributed by atoms with van der Waals surface area (Å²) in [7, 11) is 2.54. The summed E-state index contributed by atoms with van der Waals surface area (Å²) < 4.78 is 0. The van der Waals surface area contributed by atoms with E-state index in [1.54, 1.807) is 0 Å². The van der Waals surface area contributed by atoms with Crippen LogP contribution < -0.4 is 26.6 Å². The van der Waals surface area contributed by atoms with Gasteiger partial charge in [0.05, 0.1) is 16.7 Å². The number of hydrogen-bond acceptors (Lipinski definition) is 6. The van der Waals surface area contributed by atoms with Gasteiger partial charge in [0.25, 0.3) is 0 Å². The fourth-order valence-electron chi connectivity index (χ4n) is 11.2. The van der Waals surface area contributed by atoms with E-state index in [4.69, 9.17) is 0 Å². The number of nitrogens with one attached hydrogen (secondary N) is 5. The first-order chi connectivity index (χ1) is 18.2. The summed E-state index contributed by atoms with van der Waals surface area (Å²) in [5, 5.41) is 21.2. The van der Waals surface area contributed by atoms with Crippen LogP contribution in [0.3, 0.4) is 0 Å². The van der Waals surface area contributed by atoms with Gasteiger partial charge in [-0.05, 0) is 122 Å². The molecule has 6 saturated heterocycles. The number of rotatable bonds is 10. The monoisotopic (exact) mass is 514 g/mol. The average molecular weight is 515 g/mol. The molecule has 6 nitrogen and oxygen atoms in total. The third-order valence-corrected chi connectivity index (χ3v) is 12.5. The standard InChI is InChI=1S/C31H58N6/c1-3-4-5-6-7-8-9-16-29(28-17-22-32-24-27(28)14-19-33-28)30(25(12-20-34-30)15-23-37(29)2)31-26(13-21-36-31)11-10-18-35-31/h25-27,32-36H,3-24H2,1-2H3. The van der Waals surface area contributed by atoms with E-state index in [2.05, 4.69) is 45.5 Å². The molecule has 0 spiro atoms. The van der Waals surface area contributed by atoms with Gasteiger partial charge in [0, 0.05) is 5.54 Å². The molecular weight excluding hydrogens is 456 g/mol. The van der Waals surface area contributed by atoms with E-state index in [0.29, 0.717) is 0 Å². The number of fused-ring (bicyclic) bond motifs is 4. The molecule has 6 aliphatic rings. The quantitative estimate of drug-likeness (QED) is 0.287. The van der Waals surface area contributed by atoms with Gasteiger partial charge in [0.1, 0.15) is 0 Å². The molecule has 0 saturated carbocycles. The van der Waals surface area contributed by atoms with Crippen LogP contribution in [0.1, 0.15) is 103 Å². The van der Waals surface area contributed by atoms with Gasteiger partial charge in [-0.1, -0.05) is 51.9 Å². The van der Waals surface area contributed by atoms with Crippen molar-refractivity contribution in [1.29, 1.82) is 0 Å². The predicted octanol–water partition coefficient (Wildman–Crippen LogP) is 3.58. The van der Waals surface area contributed by atoms with Crippen molar-refractivity contribution in [2.24, 2.45) is 17.8 Å². The Morgan fingerprint density at radius 3 is 2.32 bits per heavy atom. The minimum atomic E-state index is 0.0245. The normalized spacial score (nSPS) is 46.1.